The topological polar surface area (TPSA) is 128 Å². The lowest BCUT2D eigenvalue weighted by Gasteiger charge is -2.16. The second kappa shape index (κ2) is 7.43. The number of amides is 2. The number of carbonyl (C=O) groups excluding carboxylic acids is 3. The second-order valence-electron chi connectivity index (χ2n) is 5.96. The number of nitrogens with one attached hydrogen (secondary N) is 1. The van der Waals surface area contributed by atoms with Crippen molar-refractivity contribution in [1.82, 2.24) is 5.06 Å². The first-order chi connectivity index (χ1) is 13.7. The van der Waals surface area contributed by atoms with Gasteiger partial charge in [0, 0.05) is 0 Å². The number of fused-ring (bicyclic) bond motifs is 1. The Bertz CT molecular complexity index is 1090. The van der Waals surface area contributed by atoms with Crippen LogP contribution in [0.2, 0.25) is 0 Å². The summed E-state index contributed by atoms with van der Waals surface area (Å²) in [5, 5.41) is 0.355. The number of ether oxygens (including phenoxy) is 2. The molecule has 0 aliphatic carbocycles. The molecular formula is C18H16N2O8S. The van der Waals surface area contributed by atoms with Crippen LogP contribution in [0.1, 0.15) is 31.1 Å². The second-order valence-corrected chi connectivity index (χ2v) is 7.71. The van der Waals surface area contributed by atoms with E-state index in [9.17, 15) is 22.8 Å². The number of nitrogens with zero attached hydrogens (tertiary/aromatic N) is 1. The van der Waals surface area contributed by atoms with Crippen molar-refractivity contribution in [3.8, 4) is 11.5 Å². The third-order valence-corrected chi connectivity index (χ3v) is 4.53. The maximum absolute atomic E-state index is 12.6. The summed E-state index contributed by atoms with van der Waals surface area (Å²) in [5.74, 6) is -2.56. The number of rotatable bonds is 6. The molecular weight excluding hydrogens is 404 g/mol. The first-order valence-electron chi connectivity index (χ1n) is 8.10. The molecule has 10 nitrogen and oxygen atoms in total. The van der Waals surface area contributed by atoms with Gasteiger partial charge in [-0.3, -0.25) is 14.3 Å². The largest absolute Gasteiger partial charge is 0.493 e. The molecule has 0 fully saturated rings. The van der Waals surface area contributed by atoms with Crippen LogP contribution >= 0.6 is 0 Å². The predicted octanol–water partition coefficient (Wildman–Crippen LogP) is 1.44. The lowest BCUT2D eigenvalue weighted by Crippen LogP contribution is -2.32. The predicted molar refractivity (Wildman–Crippen MR) is 100 cm³/mol. The Hall–Kier alpha value is -3.60. The first kappa shape index (κ1) is 20.1. The summed E-state index contributed by atoms with van der Waals surface area (Å²) in [7, 11) is -1.12. The van der Waals surface area contributed by atoms with Crippen LogP contribution in [0, 0.1) is 0 Å². The highest BCUT2D eigenvalue weighted by atomic mass is 32.2. The van der Waals surface area contributed by atoms with E-state index in [0.717, 1.165) is 12.3 Å². The highest BCUT2D eigenvalue weighted by molar-refractivity contribution is 7.92. The molecule has 0 bridgehead atoms. The molecule has 0 spiro atoms. The lowest BCUT2D eigenvalue weighted by atomic mass is 10.1. The van der Waals surface area contributed by atoms with Gasteiger partial charge < -0.3 is 14.3 Å². The third-order valence-electron chi connectivity index (χ3n) is 3.94. The highest BCUT2D eigenvalue weighted by Crippen LogP contribution is 2.37. The molecule has 0 aromatic heterocycles. The number of hydrogen-bond acceptors (Lipinski definition) is 8. The van der Waals surface area contributed by atoms with Gasteiger partial charge in [-0.15, -0.1) is 0 Å². The van der Waals surface area contributed by atoms with Crippen LogP contribution in [-0.4, -0.2) is 51.7 Å². The number of imide groups is 1. The van der Waals surface area contributed by atoms with Crippen LogP contribution in [0.3, 0.4) is 0 Å². The Morgan fingerprint density at radius 1 is 1.00 bits per heavy atom. The van der Waals surface area contributed by atoms with Crippen LogP contribution in [0.25, 0.3) is 0 Å². The molecule has 1 aliphatic rings. The fraction of sp³-hybridized carbons (Fsp3) is 0.167. The van der Waals surface area contributed by atoms with Crippen LogP contribution in [0.15, 0.2) is 36.4 Å². The molecule has 152 valence electrons. The molecule has 29 heavy (non-hydrogen) atoms. The lowest BCUT2D eigenvalue weighted by molar-refractivity contribution is -0.0584. The van der Waals surface area contributed by atoms with E-state index in [2.05, 4.69) is 4.72 Å². The molecule has 3 rings (SSSR count). The van der Waals surface area contributed by atoms with E-state index in [4.69, 9.17) is 14.3 Å². The normalized spacial score (nSPS) is 13.1. The van der Waals surface area contributed by atoms with Gasteiger partial charge in [-0.1, -0.05) is 17.2 Å². The van der Waals surface area contributed by atoms with Crippen molar-refractivity contribution in [2.24, 2.45) is 0 Å². The van der Waals surface area contributed by atoms with E-state index in [1.54, 1.807) is 12.1 Å². The highest BCUT2D eigenvalue weighted by Gasteiger charge is 2.39. The van der Waals surface area contributed by atoms with Gasteiger partial charge >= 0.3 is 5.97 Å². The Kier molecular flexibility index (Phi) is 5.16. The Morgan fingerprint density at radius 3 is 2.07 bits per heavy atom. The Balaban J connectivity index is 1.95. The Labute approximate surface area is 166 Å². The number of methoxy groups -OCH3 is 2. The zero-order chi connectivity index (χ0) is 21.3. The zero-order valence-corrected chi connectivity index (χ0v) is 16.4. The quantitative estimate of drug-likeness (QED) is 0.696. The van der Waals surface area contributed by atoms with Gasteiger partial charge in [0.1, 0.15) is 0 Å². The molecule has 1 heterocycles. The summed E-state index contributed by atoms with van der Waals surface area (Å²) < 4.78 is 35.7. The summed E-state index contributed by atoms with van der Waals surface area (Å²) in [6.07, 6.45) is 0.919. The van der Waals surface area contributed by atoms with Crippen molar-refractivity contribution in [3.05, 3.63) is 53.1 Å². The molecule has 0 unspecified atom stereocenters. The van der Waals surface area contributed by atoms with E-state index in [1.165, 1.54) is 32.4 Å². The number of anilines is 1. The third kappa shape index (κ3) is 3.85. The monoisotopic (exact) mass is 420 g/mol. The van der Waals surface area contributed by atoms with Crippen molar-refractivity contribution >= 4 is 33.5 Å². The molecule has 1 aliphatic heterocycles. The number of carbonyl (C=O) groups is 3. The molecule has 2 aromatic carbocycles. The van der Waals surface area contributed by atoms with Crippen molar-refractivity contribution in [2.75, 3.05) is 25.2 Å². The maximum Gasteiger partial charge on any atom is 0.364 e. The van der Waals surface area contributed by atoms with Gasteiger partial charge in [0.15, 0.2) is 11.5 Å². The first-order valence-corrected chi connectivity index (χ1v) is 9.99. The standard InChI is InChI=1S/C18H16N2O8S/c1-26-14-9-10(8-13(15(14)27-2)19-29(3,24)25)18(23)28-20-16(21)11-6-4-5-7-12(11)17(20)22/h4-9,19H,1-3H3. The minimum atomic E-state index is -3.71. The number of benzene rings is 2. The van der Waals surface area contributed by atoms with Crippen LogP contribution in [0.5, 0.6) is 11.5 Å². The zero-order valence-electron chi connectivity index (χ0n) is 15.6. The molecule has 0 radical (unpaired) electrons. The van der Waals surface area contributed by atoms with E-state index in [-0.39, 0.29) is 33.9 Å². The molecule has 11 heteroatoms. The van der Waals surface area contributed by atoms with Gasteiger partial charge in [-0.2, -0.15) is 0 Å². The minimum absolute atomic E-state index is 0.0372. The van der Waals surface area contributed by atoms with Crippen molar-refractivity contribution in [1.29, 1.82) is 0 Å². The molecule has 2 amide bonds. The smallest absolute Gasteiger partial charge is 0.364 e. The van der Waals surface area contributed by atoms with Crippen LogP contribution in [-0.2, 0) is 14.9 Å². The summed E-state index contributed by atoms with van der Waals surface area (Å²) in [6, 6.07) is 8.40. The average molecular weight is 420 g/mol. The number of sulfonamides is 1. The summed E-state index contributed by atoms with van der Waals surface area (Å²) >= 11 is 0. The van der Waals surface area contributed by atoms with Gasteiger partial charge in [0.05, 0.1) is 42.9 Å². The average Bonchev–Trinajstić information content (AvgIpc) is 2.91. The molecule has 0 atom stereocenters. The van der Waals surface area contributed by atoms with Crippen molar-refractivity contribution < 1.29 is 37.1 Å². The molecule has 2 aromatic rings. The summed E-state index contributed by atoms with van der Waals surface area (Å²) in [6.45, 7) is 0. The fourth-order valence-corrected chi connectivity index (χ4v) is 3.29. The molecule has 0 saturated heterocycles. The number of hydroxylamine groups is 2. The fourth-order valence-electron chi connectivity index (χ4n) is 2.74. The SMILES string of the molecule is COc1cc(C(=O)ON2C(=O)c3ccccc3C2=O)cc(NS(C)(=O)=O)c1OC. The van der Waals surface area contributed by atoms with Crippen molar-refractivity contribution in [3.63, 3.8) is 0 Å². The Morgan fingerprint density at radius 2 is 1.59 bits per heavy atom. The van der Waals surface area contributed by atoms with Crippen LogP contribution in [0.4, 0.5) is 5.69 Å². The van der Waals surface area contributed by atoms with Gasteiger partial charge in [0.25, 0.3) is 11.8 Å². The number of hydrogen-bond donors (Lipinski definition) is 1. The minimum Gasteiger partial charge on any atom is -0.493 e. The van der Waals surface area contributed by atoms with Crippen LogP contribution < -0.4 is 14.2 Å². The van der Waals surface area contributed by atoms with E-state index >= 15 is 0 Å². The van der Waals surface area contributed by atoms with Gasteiger partial charge in [-0.25, -0.2) is 13.2 Å². The van der Waals surface area contributed by atoms with Gasteiger partial charge in [0.2, 0.25) is 10.0 Å². The van der Waals surface area contributed by atoms with Crippen molar-refractivity contribution in [2.45, 2.75) is 0 Å². The summed E-state index contributed by atoms with van der Waals surface area (Å²) in [5.41, 5.74) is -0.0388. The molecule has 1 N–H and O–H groups in total. The van der Waals surface area contributed by atoms with Gasteiger partial charge in [-0.05, 0) is 24.3 Å². The van der Waals surface area contributed by atoms with E-state index in [0.29, 0.717) is 5.06 Å². The van der Waals surface area contributed by atoms with E-state index < -0.39 is 27.8 Å². The molecule has 0 saturated carbocycles. The maximum atomic E-state index is 12.6. The van der Waals surface area contributed by atoms with E-state index in [1.807, 2.05) is 0 Å². The summed E-state index contributed by atoms with van der Waals surface area (Å²) in [4.78, 5) is 42.3.